The van der Waals surface area contributed by atoms with Crippen LogP contribution in [0, 0.1) is 11.8 Å². The Labute approximate surface area is 154 Å². The van der Waals surface area contributed by atoms with Gasteiger partial charge in [0.05, 0.1) is 10.7 Å². The molecule has 0 spiro atoms. The number of piperidine rings is 1. The van der Waals surface area contributed by atoms with Crippen molar-refractivity contribution in [3.63, 3.8) is 0 Å². The summed E-state index contributed by atoms with van der Waals surface area (Å²) < 4.78 is 0. The van der Waals surface area contributed by atoms with E-state index in [0.717, 1.165) is 68.7 Å². The Kier molecular flexibility index (Phi) is 5.20. The third-order valence-corrected chi connectivity index (χ3v) is 7.07. The summed E-state index contributed by atoms with van der Waals surface area (Å²) >= 11 is 1.72. The Morgan fingerprint density at radius 2 is 1.88 bits per heavy atom. The van der Waals surface area contributed by atoms with Crippen molar-refractivity contribution in [1.29, 1.82) is 0 Å². The average Bonchev–Trinajstić information content (AvgIpc) is 3.15. The van der Waals surface area contributed by atoms with Crippen LogP contribution >= 0.6 is 11.3 Å². The summed E-state index contributed by atoms with van der Waals surface area (Å²) in [5.41, 5.74) is 1.06. The van der Waals surface area contributed by atoms with E-state index in [1.54, 1.807) is 11.3 Å². The summed E-state index contributed by atoms with van der Waals surface area (Å²) in [6.07, 6.45) is 10.4. The van der Waals surface area contributed by atoms with Gasteiger partial charge in [-0.2, -0.15) is 0 Å². The molecule has 4 nitrogen and oxygen atoms in total. The van der Waals surface area contributed by atoms with Gasteiger partial charge in [-0.15, -0.1) is 11.3 Å². The third-order valence-electron chi connectivity index (χ3n) is 6.02. The molecule has 0 aromatic carbocycles. The van der Waals surface area contributed by atoms with Crippen LogP contribution in [0.2, 0.25) is 0 Å². The highest BCUT2D eigenvalue weighted by molar-refractivity contribution is 7.09. The highest BCUT2D eigenvalue weighted by Crippen LogP contribution is 2.34. The van der Waals surface area contributed by atoms with Crippen LogP contribution in [0.5, 0.6) is 0 Å². The van der Waals surface area contributed by atoms with Crippen molar-refractivity contribution in [3.8, 4) is 0 Å². The number of carbonyl (C=O) groups is 2. The fraction of sp³-hybridized carbons (Fsp3) is 0.750. The van der Waals surface area contributed by atoms with Gasteiger partial charge in [0, 0.05) is 42.6 Å². The second-order valence-electron chi connectivity index (χ2n) is 8.02. The molecule has 2 heterocycles. The standard InChI is InChI=1S/C20H28N2O2S/c23-18(14-7-8-14)10-9-17-13-25-19(21-17)16-6-3-11-22(12-16)20(24)15-4-1-2-5-15/h13-16H,1-12H2. The van der Waals surface area contributed by atoms with Crippen molar-refractivity contribution >= 4 is 23.0 Å². The van der Waals surface area contributed by atoms with Gasteiger partial charge in [-0.05, 0) is 44.9 Å². The van der Waals surface area contributed by atoms with Crippen molar-refractivity contribution < 1.29 is 9.59 Å². The number of likely N-dealkylation sites (tertiary alicyclic amines) is 1. The molecule has 3 aliphatic rings. The molecule has 1 aromatic rings. The van der Waals surface area contributed by atoms with Gasteiger partial charge in [0.15, 0.2) is 0 Å². The highest BCUT2D eigenvalue weighted by atomic mass is 32.1. The lowest BCUT2D eigenvalue weighted by atomic mass is 9.96. The topological polar surface area (TPSA) is 50.3 Å². The second kappa shape index (κ2) is 7.56. The lowest BCUT2D eigenvalue weighted by Gasteiger charge is -2.33. The lowest BCUT2D eigenvalue weighted by molar-refractivity contribution is -0.136. The predicted octanol–water partition coefficient (Wildman–Crippen LogP) is 3.95. The molecule has 0 radical (unpaired) electrons. The van der Waals surface area contributed by atoms with Crippen LogP contribution in [0.3, 0.4) is 0 Å². The highest BCUT2D eigenvalue weighted by Gasteiger charge is 2.32. The van der Waals surface area contributed by atoms with E-state index in [1.807, 2.05) is 0 Å². The van der Waals surface area contributed by atoms with Crippen LogP contribution in [0.1, 0.15) is 74.4 Å². The maximum atomic E-state index is 12.7. The van der Waals surface area contributed by atoms with Crippen molar-refractivity contribution in [2.24, 2.45) is 11.8 Å². The van der Waals surface area contributed by atoms with Crippen molar-refractivity contribution in [2.45, 2.75) is 70.1 Å². The fourth-order valence-electron chi connectivity index (χ4n) is 4.30. The quantitative estimate of drug-likeness (QED) is 0.772. The number of aromatic nitrogens is 1. The van der Waals surface area contributed by atoms with Crippen LogP contribution in [-0.4, -0.2) is 34.7 Å². The second-order valence-corrected chi connectivity index (χ2v) is 8.91. The number of ketones is 1. The first-order chi connectivity index (χ1) is 12.2. The molecule has 0 bridgehead atoms. The molecule has 3 fully saturated rings. The van der Waals surface area contributed by atoms with E-state index in [4.69, 9.17) is 4.98 Å². The van der Waals surface area contributed by atoms with Gasteiger partial charge in [-0.3, -0.25) is 9.59 Å². The zero-order chi connectivity index (χ0) is 17.2. The minimum Gasteiger partial charge on any atom is -0.342 e. The Hall–Kier alpha value is -1.23. The van der Waals surface area contributed by atoms with E-state index in [0.29, 0.717) is 29.9 Å². The number of carbonyl (C=O) groups excluding carboxylic acids is 2. The normalized spacial score (nSPS) is 24.6. The van der Waals surface area contributed by atoms with Gasteiger partial charge in [0.1, 0.15) is 5.78 Å². The van der Waals surface area contributed by atoms with Gasteiger partial charge >= 0.3 is 0 Å². The van der Waals surface area contributed by atoms with Gasteiger partial charge in [0.25, 0.3) is 0 Å². The molecule has 136 valence electrons. The van der Waals surface area contributed by atoms with Gasteiger partial charge in [-0.25, -0.2) is 4.98 Å². The minimum absolute atomic E-state index is 0.277. The van der Waals surface area contributed by atoms with Crippen LogP contribution in [0.25, 0.3) is 0 Å². The van der Waals surface area contributed by atoms with E-state index >= 15 is 0 Å². The smallest absolute Gasteiger partial charge is 0.225 e. The van der Waals surface area contributed by atoms with Crippen LogP contribution in [0.4, 0.5) is 0 Å². The molecule has 25 heavy (non-hydrogen) atoms. The number of rotatable bonds is 6. The Morgan fingerprint density at radius 1 is 1.08 bits per heavy atom. The largest absolute Gasteiger partial charge is 0.342 e. The average molecular weight is 361 g/mol. The SMILES string of the molecule is O=C(CCc1csc(C2CCCN(C(=O)C3CCCC3)C2)n1)C1CC1. The third kappa shape index (κ3) is 4.13. The van der Waals surface area contributed by atoms with Crippen molar-refractivity contribution in [2.75, 3.05) is 13.1 Å². The first-order valence-electron chi connectivity index (χ1n) is 9.96. The molecule has 1 aliphatic heterocycles. The number of hydrogen-bond acceptors (Lipinski definition) is 4. The molecular weight excluding hydrogens is 332 g/mol. The monoisotopic (exact) mass is 360 g/mol. The predicted molar refractivity (Wildman–Crippen MR) is 98.7 cm³/mol. The van der Waals surface area contributed by atoms with Crippen LogP contribution in [-0.2, 0) is 16.0 Å². The number of aryl methyl sites for hydroxylation is 1. The van der Waals surface area contributed by atoms with Crippen LogP contribution < -0.4 is 0 Å². The number of hydrogen-bond donors (Lipinski definition) is 0. The van der Waals surface area contributed by atoms with Crippen molar-refractivity contribution in [3.05, 3.63) is 16.1 Å². The summed E-state index contributed by atoms with van der Waals surface area (Å²) in [6, 6.07) is 0. The van der Waals surface area contributed by atoms with Gasteiger partial charge in [-0.1, -0.05) is 12.8 Å². The van der Waals surface area contributed by atoms with E-state index in [-0.39, 0.29) is 5.92 Å². The molecule has 2 saturated carbocycles. The minimum atomic E-state index is 0.277. The summed E-state index contributed by atoms with van der Waals surface area (Å²) in [4.78, 5) is 31.5. The van der Waals surface area contributed by atoms with E-state index in [9.17, 15) is 9.59 Å². The number of nitrogens with zero attached hydrogens (tertiary/aromatic N) is 2. The maximum absolute atomic E-state index is 12.7. The van der Waals surface area contributed by atoms with E-state index in [1.165, 1.54) is 12.8 Å². The van der Waals surface area contributed by atoms with E-state index < -0.39 is 0 Å². The Morgan fingerprint density at radius 3 is 2.64 bits per heavy atom. The molecular formula is C20H28N2O2S. The molecule has 0 N–H and O–H groups in total. The maximum Gasteiger partial charge on any atom is 0.225 e. The summed E-state index contributed by atoms with van der Waals surface area (Å²) in [6.45, 7) is 1.75. The molecule has 1 amide bonds. The number of thiazole rings is 1. The molecule has 1 atom stereocenters. The molecule has 2 aliphatic carbocycles. The Bertz CT molecular complexity index is 631. The first kappa shape index (κ1) is 17.2. The molecule has 5 heteroatoms. The number of Topliss-reactive ketones (excluding diaryl/α,β-unsaturated/α-hetero) is 1. The summed E-state index contributed by atoms with van der Waals surface area (Å²) in [5, 5.41) is 3.28. The summed E-state index contributed by atoms with van der Waals surface area (Å²) in [5.74, 6) is 1.82. The summed E-state index contributed by atoms with van der Waals surface area (Å²) in [7, 11) is 0. The molecule has 4 rings (SSSR count). The Balaban J connectivity index is 1.33. The van der Waals surface area contributed by atoms with E-state index in [2.05, 4.69) is 10.3 Å². The first-order valence-corrected chi connectivity index (χ1v) is 10.8. The van der Waals surface area contributed by atoms with Crippen LogP contribution in [0.15, 0.2) is 5.38 Å². The van der Waals surface area contributed by atoms with Crippen molar-refractivity contribution in [1.82, 2.24) is 9.88 Å². The lowest BCUT2D eigenvalue weighted by Crippen LogP contribution is -2.41. The number of amides is 1. The fourth-order valence-corrected chi connectivity index (χ4v) is 5.28. The zero-order valence-electron chi connectivity index (χ0n) is 14.9. The van der Waals surface area contributed by atoms with Gasteiger partial charge < -0.3 is 4.90 Å². The van der Waals surface area contributed by atoms with Gasteiger partial charge in [0.2, 0.25) is 5.91 Å². The zero-order valence-corrected chi connectivity index (χ0v) is 15.7. The molecule has 1 saturated heterocycles. The molecule has 1 aromatic heterocycles. The molecule has 1 unspecified atom stereocenters.